The quantitative estimate of drug-likeness (QED) is 0.0128. The Labute approximate surface area is 361 Å². The van der Waals surface area contributed by atoms with E-state index in [9.17, 15) is 14.4 Å². The Morgan fingerprint density at radius 1 is 0.864 bits per heavy atom. The van der Waals surface area contributed by atoms with Crippen LogP contribution >= 0.6 is 0 Å². The standard InChI is InChI=1S/C52H83NO6/c1-8-13-29-37-45(49-41-50(54)59-52(49)56)38-32-27-24-23-25-30-35-43(6)58-47(12-5)42-53-46(34-10-3)39-33-28-22-20-18-16-15-17-19-21-26-31-36-44(11-4)48(40-14-9-2)51(55)57-7/h15,17,21,26,31-32,34,36,38,44-45,47-49,53H,6,8,10-13,16,18-20,22-25,27-30,33,35,37,39-42H2,1-5,7H3/b17-15-,26-21-,36-31+,38-32+,46-34-. The molecule has 7 heteroatoms. The first-order valence-corrected chi connectivity index (χ1v) is 23.4. The zero-order chi connectivity index (χ0) is 43.4. The Bertz CT molecular complexity index is 1380. The molecule has 0 aromatic carbocycles. The van der Waals surface area contributed by atoms with Crippen LogP contribution in [-0.4, -0.2) is 37.7 Å². The number of hydrogen-bond donors (Lipinski definition) is 1. The molecule has 1 rings (SSSR count). The van der Waals surface area contributed by atoms with Gasteiger partial charge in [0.25, 0.3) is 0 Å². The smallest absolute Gasteiger partial charge is 0.317 e. The van der Waals surface area contributed by atoms with Crippen LogP contribution < -0.4 is 5.32 Å². The highest BCUT2D eigenvalue weighted by Crippen LogP contribution is 2.30. The summed E-state index contributed by atoms with van der Waals surface area (Å²) in [6.07, 6.45) is 43.3. The first-order chi connectivity index (χ1) is 28.7. The lowest BCUT2D eigenvalue weighted by Crippen LogP contribution is -2.28. The molecular weight excluding hydrogens is 735 g/mol. The van der Waals surface area contributed by atoms with Crippen molar-refractivity contribution in [1.82, 2.24) is 5.32 Å². The van der Waals surface area contributed by atoms with Gasteiger partial charge in [-0.1, -0.05) is 140 Å². The second-order valence-corrected chi connectivity index (χ2v) is 16.0. The van der Waals surface area contributed by atoms with E-state index in [-0.39, 0.29) is 54.1 Å². The topological polar surface area (TPSA) is 90.9 Å². The van der Waals surface area contributed by atoms with Gasteiger partial charge in [0.2, 0.25) is 0 Å². The number of unbranched alkanes of at least 4 members (excludes halogenated alkanes) is 11. The lowest BCUT2D eigenvalue weighted by atomic mass is 9.86. The van der Waals surface area contributed by atoms with Crippen LogP contribution in [0.1, 0.15) is 182 Å². The van der Waals surface area contributed by atoms with Gasteiger partial charge in [0, 0.05) is 18.5 Å². The molecule has 1 aliphatic heterocycles. The molecule has 1 heterocycles. The molecule has 7 nitrogen and oxygen atoms in total. The molecule has 0 spiro atoms. The van der Waals surface area contributed by atoms with E-state index in [0.717, 1.165) is 115 Å². The number of carbonyl (C=O) groups is 3. The molecule has 0 aliphatic carbocycles. The SMILES string of the molecule is C=C(CCCCCC/C=C/C(CCCCC)C1CC(=O)OC1=O)OC(CC)CN/C(=C\CC)CCCCCCC/C=C\C/C=C\C=C\C(CC)C(CC#CC)C(=O)OC. The van der Waals surface area contributed by atoms with E-state index in [1.54, 1.807) is 6.92 Å². The normalized spacial score (nSPS) is 16.7. The Morgan fingerprint density at radius 2 is 1.58 bits per heavy atom. The van der Waals surface area contributed by atoms with Crippen molar-refractivity contribution in [2.75, 3.05) is 13.7 Å². The van der Waals surface area contributed by atoms with E-state index < -0.39 is 0 Å². The average Bonchev–Trinajstić information content (AvgIpc) is 3.58. The van der Waals surface area contributed by atoms with Gasteiger partial charge < -0.3 is 19.5 Å². The minimum absolute atomic E-state index is 0.100. The maximum Gasteiger partial charge on any atom is 0.317 e. The van der Waals surface area contributed by atoms with E-state index in [1.807, 2.05) is 6.08 Å². The van der Waals surface area contributed by atoms with Crippen LogP contribution in [0.15, 0.2) is 72.7 Å². The summed E-state index contributed by atoms with van der Waals surface area (Å²) >= 11 is 0. The van der Waals surface area contributed by atoms with E-state index in [0.29, 0.717) is 6.42 Å². The molecule has 1 aliphatic rings. The van der Waals surface area contributed by atoms with Gasteiger partial charge in [0.15, 0.2) is 0 Å². The summed E-state index contributed by atoms with van der Waals surface area (Å²) in [5, 5.41) is 3.69. The van der Waals surface area contributed by atoms with Gasteiger partial charge in [-0.25, -0.2) is 0 Å². The lowest BCUT2D eigenvalue weighted by molar-refractivity contribution is -0.153. The lowest BCUT2D eigenvalue weighted by Gasteiger charge is -2.21. The number of nitrogens with one attached hydrogen (secondary N) is 1. The molecular formula is C52H83NO6. The fourth-order valence-corrected chi connectivity index (χ4v) is 7.50. The summed E-state index contributed by atoms with van der Waals surface area (Å²) in [4.78, 5) is 36.0. The third kappa shape index (κ3) is 26.1. The van der Waals surface area contributed by atoms with E-state index in [2.05, 4.69) is 100 Å². The van der Waals surface area contributed by atoms with Crippen molar-refractivity contribution in [1.29, 1.82) is 0 Å². The molecule has 332 valence electrons. The summed E-state index contributed by atoms with van der Waals surface area (Å²) < 4.78 is 16.1. The minimum Gasteiger partial charge on any atom is -0.494 e. The van der Waals surface area contributed by atoms with Gasteiger partial charge in [-0.05, 0) is 95.8 Å². The molecule has 0 aromatic rings. The first-order valence-electron chi connectivity index (χ1n) is 23.4. The fraction of sp³-hybridized carbons (Fsp3) is 0.673. The molecule has 5 unspecified atom stereocenters. The van der Waals surface area contributed by atoms with Crippen LogP contribution in [0.3, 0.4) is 0 Å². The Hall–Kier alpha value is -3.79. The van der Waals surface area contributed by atoms with Gasteiger partial charge in [0.05, 0.1) is 37.7 Å². The molecule has 59 heavy (non-hydrogen) atoms. The number of hydrogen-bond acceptors (Lipinski definition) is 7. The minimum atomic E-state index is -0.381. The predicted octanol–water partition coefficient (Wildman–Crippen LogP) is 13.4. The van der Waals surface area contributed by atoms with Crippen molar-refractivity contribution in [3.63, 3.8) is 0 Å². The highest BCUT2D eigenvalue weighted by molar-refractivity contribution is 5.94. The largest absolute Gasteiger partial charge is 0.494 e. The number of methoxy groups -OCH3 is 1. The van der Waals surface area contributed by atoms with Crippen molar-refractivity contribution in [2.45, 2.75) is 188 Å². The number of allylic oxidation sites excluding steroid dienone is 11. The zero-order valence-electron chi connectivity index (χ0n) is 38.2. The van der Waals surface area contributed by atoms with E-state index in [4.69, 9.17) is 14.2 Å². The van der Waals surface area contributed by atoms with Crippen molar-refractivity contribution < 1.29 is 28.6 Å². The number of ether oxygens (including phenoxy) is 3. The van der Waals surface area contributed by atoms with Crippen LogP contribution in [0.4, 0.5) is 0 Å². The van der Waals surface area contributed by atoms with E-state index >= 15 is 0 Å². The van der Waals surface area contributed by atoms with Crippen LogP contribution in [0.5, 0.6) is 0 Å². The van der Waals surface area contributed by atoms with Crippen LogP contribution in [0, 0.1) is 35.5 Å². The summed E-state index contributed by atoms with van der Waals surface area (Å²) in [6.45, 7) is 15.5. The first kappa shape index (κ1) is 53.2. The maximum absolute atomic E-state index is 12.2. The van der Waals surface area contributed by atoms with Gasteiger partial charge >= 0.3 is 17.9 Å². The second kappa shape index (κ2) is 36.1. The molecule has 0 bridgehead atoms. The molecule has 5 atom stereocenters. The molecule has 0 aromatic heterocycles. The zero-order valence-corrected chi connectivity index (χ0v) is 38.2. The van der Waals surface area contributed by atoms with Gasteiger partial charge in [-0.3, -0.25) is 14.4 Å². The number of cyclic esters (lactones) is 2. The average molecular weight is 818 g/mol. The van der Waals surface area contributed by atoms with Gasteiger partial charge in [-0.15, -0.1) is 11.8 Å². The Balaban J connectivity index is 2.22. The Morgan fingerprint density at radius 3 is 2.22 bits per heavy atom. The molecule has 0 amide bonds. The summed E-state index contributed by atoms with van der Waals surface area (Å²) in [5.41, 5.74) is 1.34. The second-order valence-electron chi connectivity index (χ2n) is 16.0. The van der Waals surface area contributed by atoms with Gasteiger partial charge in [0.1, 0.15) is 6.10 Å². The number of rotatable bonds is 36. The predicted molar refractivity (Wildman–Crippen MR) is 246 cm³/mol. The van der Waals surface area contributed by atoms with Crippen molar-refractivity contribution in [2.24, 2.45) is 23.7 Å². The van der Waals surface area contributed by atoms with Gasteiger partial charge in [-0.2, -0.15) is 0 Å². The maximum atomic E-state index is 12.2. The third-order valence-corrected chi connectivity index (χ3v) is 11.2. The highest BCUT2D eigenvalue weighted by Gasteiger charge is 2.37. The van der Waals surface area contributed by atoms with Crippen molar-refractivity contribution in [3.05, 3.63) is 72.7 Å². The number of esters is 3. The van der Waals surface area contributed by atoms with Crippen molar-refractivity contribution >= 4 is 17.9 Å². The Kier molecular flexibility index (Phi) is 32.6. The summed E-state index contributed by atoms with van der Waals surface area (Å²) in [7, 11) is 1.45. The molecule has 0 saturated carbocycles. The van der Waals surface area contributed by atoms with Crippen molar-refractivity contribution in [3.8, 4) is 11.8 Å². The molecule has 0 radical (unpaired) electrons. The van der Waals surface area contributed by atoms with E-state index in [1.165, 1.54) is 44.9 Å². The van der Waals surface area contributed by atoms with Crippen LogP contribution in [-0.2, 0) is 28.6 Å². The summed E-state index contributed by atoms with van der Waals surface area (Å²) in [6, 6.07) is 0. The molecule has 1 N–H and O–H groups in total. The molecule has 1 saturated heterocycles. The summed E-state index contributed by atoms with van der Waals surface area (Å²) in [5.74, 6) is 5.59. The monoisotopic (exact) mass is 818 g/mol. The van der Waals surface area contributed by atoms with Crippen LogP contribution in [0.2, 0.25) is 0 Å². The number of carbonyl (C=O) groups excluding carboxylic acids is 3. The third-order valence-electron chi connectivity index (χ3n) is 11.2. The molecule has 1 fully saturated rings. The fourth-order valence-electron chi connectivity index (χ4n) is 7.50. The van der Waals surface area contributed by atoms with Crippen LogP contribution in [0.25, 0.3) is 0 Å². The highest BCUT2D eigenvalue weighted by atomic mass is 16.6.